The lowest BCUT2D eigenvalue weighted by atomic mass is 9.74. The third kappa shape index (κ3) is 6.89. The minimum atomic E-state index is -0.900. The molecule has 2 aromatic carbocycles. The largest absolute Gasteiger partial charge is 0.497 e. The first-order chi connectivity index (χ1) is 17.8. The molecule has 0 saturated carbocycles. The van der Waals surface area contributed by atoms with Gasteiger partial charge in [0.15, 0.2) is 0 Å². The van der Waals surface area contributed by atoms with Crippen molar-refractivity contribution in [2.75, 3.05) is 32.5 Å². The van der Waals surface area contributed by atoms with Crippen LogP contribution in [0.2, 0.25) is 10.0 Å². The van der Waals surface area contributed by atoms with Gasteiger partial charge in [0, 0.05) is 27.1 Å². The molecule has 0 spiro atoms. The van der Waals surface area contributed by atoms with Gasteiger partial charge in [-0.05, 0) is 93.9 Å². The summed E-state index contributed by atoms with van der Waals surface area (Å²) in [5, 5.41) is 23.1. The van der Waals surface area contributed by atoms with Crippen molar-refractivity contribution in [3.8, 4) is 5.75 Å². The normalized spacial score (nSPS) is 16.5. The Morgan fingerprint density at radius 1 is 1.22 bits per heavy atom. The van der Waals surface area contributed by atoms with Crippen LogP contribution in [0.1, 0.15) is 43.8 Å². The van der Waals surface area contributed by atoms with Crippen molar-refractivity contribution in [3.05, 3.63) is 64.3 Å². The van der Waals surface area contributed by atoms with Crippen LogP contribution in [0.3, 0.4) is 0 Å². The van der Waals surface area contributed by atoms with Gasteiger partial charge >= 0.3 is 5.97 Å². The molecule has 3 aromatic rings. The fraction of sp³-hybridized carbons (Fsp3) is 0.429. The maximum absolute atomic E-state index is 12.4. The highest BCUT2D eigenvalue weighted by molar-refractivity contribution is 7.99. The third-order valence-electron chi connectivity index (χ3n) is 7.25. The van der Waals surface area contributed by atoms with Gasteiger partial charge < -0.3 is 19.8 Å². The van der Waals surface area contributed by atoms with Gasteiger partial charge in [0.05, 0.1) is 29.2 Å². The van der Waals surface area contributed by atoms with Crippen LogP contribution in [0.4, 0.5) is 0 Å². The zero-order valence-corrected chi connectivity index (χ0v) is 23.2. The molecule has 1 atom stereocenters. The van der Waals surface area contributed by atoms with Gasteiger partial charge in [-0.15, -0.1) is 11.8 Å². The van der Waals surface area contributed by atoms with E-state index in [1.807, 2.05) is 36.4 Å². The predicted octanol–water partition coefficient (Wildman–Crippen LogP) is 6.71. The number of hydrogen-bond donors (Lipinski definition) is 2. The van der Waals surface area contributed by atoms with Crippen molar-refractivity contribution < 1.29 is 19.7 Å². The molecule has 1 saturated heterocycles. The van der Waals surface area contributed by atoms with E-state index in [0.717, 1.165) is 41.7 Å². The topological polar surface area (TPSA) is 82.9 Å². The molecule has 1 aliphatic rings. The molecular formula is C28H32Cl2N2O4S. The number of methoxy groups -OCH3 is 1. The van der Waals surface area contributed by atoms with Crippen LogP contribution in [-0.2, 0) is 4.79 Å². The van der Waals surface area contributed by atoms with Crippen molar-refractivity contribution in [1.29, 1.82) is 0 Å². The SMILES string of the molecule is COc1ccc2ncc(Cl)c([C@H](O)CCC3(C(=O)O)CCN(CCCSc4cccc(Cl)c4)CC3)c2c1. The summed E-state index contributed by atoms with van der Waals surface area (Å²) in [5.74, 6) is 0.840. The molecule has 0 radical (unpaired) electrons. The van der Waals surface area contributed by atoms with Crippen molar-refractivity contribution in [2.24, 2.45) is 5.41 Å². The zero-order valence-electron chi connectivity index (χ0n) is 20.8. The average molecular weight is 564 g/mol. The smallest absolute Gasteiger partial charge is 0.309 e. The van der Waals surface area contributed by atoms with E-state index in [1.54, 1.807) is 18.9 Å². The molecule has 9 heteroatoms. The molecule has 2 heterocycles. The van der Waals surface area contributed by atoms with Crippen LogP contribution >= 0.6 is 35.0 Å². The van der Waals surface area contributed by atoms with Gasteiger partial charge in [-0.1, -0.05) is 29.3 Å². The average Bonchev–Trinajstić information content (AvgIpc) is 2.90. The molecule has 6 nitrogen and oxygen atoms in total. The number of aliphatic carboxylic acids is 1. The van der Waals surface area contributed by atoms with E-state index in [0.29, 0.717) is 52.9 Å². The number of ether oxygens (including phenoxy) is 1. The number of rotatable bonds is 11. The van der Waals surface area contributed by atoms with Gasteiger partial charge in [0.1, 0.15) is 5.75 Å². The van der Waals surface area contributed by atoms with Crippen molar-refractivity contribution in [3.63, 3.8) is 0 Å². The first kappa shape index (κ1) is 28.0. The minimum absolute atomic E-state index is 0.304. The number of aliphatic hydroxyl groups excluding tert-OH is 1. The zero-order chi connectivity index (χ0) is 26.4. The summed E-state index contributed by atoms with van der Waals surface area (Å²) >= 11 is 14.3. The van der Waals surface area contributed by atoms with Crippen LogP contribution in [0.5, 0.6) is 5.75 Å². The number of carboxylic acid groups (broad SMARTS) is 1. The summed E-state index contributed by atoms with van der Waals surface area (Å²) in [6.45, 7) is 2.41. The Morgan fingerprint density at radius 2 is 2.00 bits per heavy atom. The van der Waals surface area contributed by atoms with Gasteiger partial charge in [0.2, 0.25) is 0 Å². The van der Waals surface area contributed by atoms with Crippen LogP contribution in [-0.4, -0.2) is 58.6 Å². The van der Waals surface area contributed by atoms with E-state index in [-0.39, 0.29) is 0 Å². The summed E-state index contributed by atoms with van der Waals surface area (Å²) in [4.78, 5) is 20.2. The van der Waals surface area contributed by atoms with Gasteiger partial charge in [-0.3, -0.25) is 9.78 Å². The van der Waals surface area contributed by atoms with E-state index < -0.39 is 17.5 Å². The molecule has 1 aromatic heterocycles. The Bertz CT molecular complexity index is 1230. The molecule has 37 heavy (non-hydrogen) atoms. The Balaban J connectivity index is 1.33. The summed E-state index contributed by atoms with van der Waals surface area (Å²) < 4.78 is 5.33. The second kappa shape index (κ2) is 12.7. The summed E-state index contributed by atoms with van der Waals surface area (Å²) in [7, 11) is 1.58. The summed E-state index contributed by atoms with van der Waals surface area (Å²) in [6.07, 6.45) is 3.47. The molecule has 0 unspecified atom stereocenters. The number of aromatic nitrogens is 1. The molecule has 2 N–H and O–H groups in total. The second-order valence-corrected chi connectivity index (χ2v) is 11.6. The Morgan fingerprint density at radius 3 is 2.70 bits per heavy atom. The quantitative estimate of drug-likeness (QED) is 0.198. The van der Waals surface area contributed by atoms with Gasteiger partial charge in [-0.2, -0.15) is 0 Å². The molecule has 1 fully saturated rings. The second-order valence-electron chi connectivity index (χ2n) is 9.54. The van der Waals surface area contributed by atoms with Crippen molar-refractivity contribution >= 4 is 51.8 Å². The Kier molecular flexibility index (Phi) is 9.59. The van der Waals surface area contributed by atoms with Crippen LogP contribution in [0, 0.1) is 5.41 Å². The maximum Gasteiger partial charge on any atom is 0.309 e. The Labute approximate surface area is 231 Å². The predicted molar refractivity (Wildman–Crippen MR) is 150 cm³/mol. The number of carbonyl (C=O) groups is 1. The maximum atomic E-state index is 12.4. The van der Waals surface area contributed by atoms with E-state index in [9.17, 15) is 15.0 Å². The lowest BCUT2D eigenvalue weighted by Crippen LogP contribution is -2.44. The number of fused-ring (bicyclic) bond motifs is 1. The number of halogens is 2. The summed E-state index contributed by atoms with van der Waals surface area (Å²) in [6, 6.07) is 13.3. The highest BCUT2D eigenvalue weighted by atomic mass is 35.5. The first-order valence-corrected chi connectivity index (χ1v) is 14.2. The minimum Gasteiger partial charge on any atom is -0.497 e. The molecule has 0 bridgehead atoms. The number of carboxylic acids is 1. The molecule has 0 amide bonds. The highest BCUT2D eigenvalue weighted by Crippen LogP contribution is 2.41. The van der Waals surface area contributed by atoms with Gasteiger partial charge in [-0.25, -0.2) is 0 Å². The standard InChI is InChI=1S/C28H32Cl2N2O4S/c1-36-20-6-7-24-22(17-20)26(23(30)18-31-24)25(33)8-9-28(27(34)35)10-13-32(14-11-28)12-3-15-37-21-5-2-4-19(29)16-21/h2,4-7,16-18,25,33H,3,8-15H2,1H3,(H,34,35)/t25-/m1/s1. The van der Waals surface area contributed by atoms with E-state index in [1.165, 1.54) is 6.20 Å². The van der Waals surface area contributed by atoms with Crippen LogP contribution < -0.4 is 4.74 Å². The fourth-order valence-corrected chi connectivity index (χ4v) is 6.43. The van der Waals surface area contributed by atoms with Crippen molar-refractivity contribution in [2.45, 2.75) is 43.1 Å². The fourth-order valence-electron chi connectivity index (χ4n) is 5.00. The van der Waals surface area contributed by atoms with E-state index in [2.05, 4.69) is 16.0 Å². The van der Waals surface area contributed by atoms with E-state index in [4.69, 9.17) is 27.9 Å². The molecule has 198 valence electrons. The van der Waals surface area contributed by atoms with E-state index >= 15 is 0 Å². The monoisotopic (exact) mass is 562 g/mol. The van der Waals surface area contributed by atoms with Gasteiger partial charge in [0.25, 0.3) is 0 Å². The number of pyridine rings is 1. The number of piperidine rings is 1. The number of hydrogen-bond acceptors (Lipinski definition) is 6. The molecule has 4 rings (SSSR count). The van der Waals surface area contributed by atoms with Crippen LogP contribution in [0.15, 0.2) is 53.6 Å². The van der Waals surface area contributed by atoms with Crippen molar-refractivity contribution in [1.82, 2.24) is 9.88 Å². The number of benzene rings is 2. The van der Waals surface area contributed by atoms with Crippen LogP contribution in [0.25, 0.3) is 10.9 Å². The first-order valence-electron chi connectivity index (χ1n) is 12.5. The number of likely N-dealkylation sites (tertiary alicyclic amines) is 1. The Hall–Kier alpha value is -2.03. The number of thioether (sulfide) groups is 1. The number of aliphatic hydroxyl groups is 1. The highest BCUT2D eigenvalue weighted by Gasteiger charge is 2.41. The molecule has 1 aliphatic heterocycles. The third-order valence-corrected chi connectivity index (χ3v) is 8.86. The molecule has 0 aliphatic carbocycles. The lowest BCUT2D eigenvalue weighted by molar-refractivity contribution is -0.153. The molecular weight excluding hydrogens is 531 g/mol. The lowest BCUT2D eigenvalue weighted by Gasteiger charge is -2.39. The number of nitrogens with zero attached hydrogens (tertiary/aromatic N) is 2. The summed E-state index contributed by atoms with van der Waals surface area (Å²) in [5.41, 5.74) is 0.426.